The summed E-state index contributed by atoms with van der Waals surface area (Å²) in [7, 11) is 4.73. The smallest absolute Gasteiger partial charge is 0.346 e. The lowest BCUT2D eigenvalue weighted by Crippen LogP contribution is -2.34. The van der Waals surface area contributed by atoms with E-state index >= 15 is 0 Å². The minimum atomic E-state index is -1.58. The number of hydrogen-bond acceptors (Lipinski definition) is 6. The normalized spacial score (nSPS) is 10.7. The average Bonchev–Trinajstić information content (AvgIpc) is 3.14. The monoisotopic (exact) mass is 443 g/mol. The molecule has 31 heavy (non-hydrogen) atoms. The van der Waals surface area contributed by atoms with Gasteiger partial charge in [0.25, 0.3) is 0 Å². The number of aromatic nitrogens is 2. The van der Waals surface area contributed by atoms with Crippen LogP contribution in [0.3, 0.4) is 0 Å². The van der Waals surface area contributed by atoms with E-state index < -0.39 is 8.07 Å². The lowest BCUT2D eigenvalue weighted by molar-refractivity contribution is 0.244. The van der Waals surface area contributed by atoms with Crippen molar-refractivity contribution in [1.29, 1.82) is 0 Å². The standard InChI is InChI=1S/C22H26N3O5P/c1-14-13-15(2)25(23-14)22(26)24-31(20-16(27-3)9-7-10-17(20)28-4)21-18(29-5)11-8-12-19(21)30-6/h7-13H,1-6H3,(H,24,26). The largest absolute Gasteiger partial charge is 0.496 e. The number of hydrogen-bond donors (Lipinski definition) is 1. The van der Waals surface area contributed by atoms with Crippen LogP contribution in [0.2, 0.25) is 0 Å². The van der Waals surface area contributed by atoms with Crippen LogP contribution in [0, 0.1) is 13.8 Å². The number of aryl methyl sites for hydroxylation is 2. The van der Waals surface area contributed by atoms with Crippen LogP contribution in [0.5, 0.6) is 23.0 Å². The van der Waals surface area contributed by atoms with Crippen molar-refractivity contribution in [2.45, 2.75) is 13.8 Å². The van der Waals surface area contributed by atoms with Crippen LogP contribution in [-0.4, -0.2) is 44.3 Å². The van der Waals surface area contributed by atoms with Gasteiger partial charge in [-0.25, -0.2) is 4.79 Å². The number of carbonyl (C=O) groups is 1. The maximum atomic E-state index is 13.3. The summed E-state index contributed by atoms with van der Waals surface area (Å²) in [6, 6.07) is 12.4. The van der Waals surface area contributed by atoms with E-state index in [0.717, 1.165) is 11.4 Å². The number of carbonyl (C=O) groups excluding carboxylic acids is 1. The number of benzene rings is 2. The van der Waals surface area contributed by atoms with Gasteiger partial charge >= 0.3 is 6.03 Å². The highest BCUT2D eigenvalue weighted by atomic mass is 31.1. The van der Waals surface area contributed by atoms with Gasteiger partial charge in [-0.05, 0) is 44.2 Å². The van der Waals surface area contributed by atoms with Crippen molar-refractivity contribution >= 4 is 24.7 Å². The van der Waals surface area contributed by atoms with Crippen LogP contribution < -0.4 is 34.6 Å². The molecular formula is C22H26N3O5P. The van der Waals surface area contributed by atoms with E-state index in [1.165, 1.54) is 4.68 Å². The Hall–Kier alpha value is -3.25. The molecule has 0 bridgehead atoms. The molecule has 3 aromatic rings. The third-order valence-electron chi connectivity index (χ3n) is 4.66. The molecule has 1 aromatic heterocycles. The zero-order valence-corrected chi connectivity index (χ0v) is 19.3. The van der Waals surface area contributed by atoms with Gasteiger partial charge in [0.1, 0.15) is 23.0 Å². The average molecular weight is 443 g/mol. The maximum absolute atomic E-state index is 13.3. The van der Waals surface area contributed by atoms with Crippen molar-refractivity contribution in [2.24, 2.45) is 0 Å². The second kappa shape index (κ2) is 9.71. The number of amides is 1. The van der Waals surface area contributed by atoms with E-state index in [9.17, 15) is 4.79 Å². The highest BCUT2D eigenvalue weighted by Gasteiger charge is 2.31. The summed E-state index contributed by atoms with van der Waals surface area (Å²) in [5.74, 6) is 2.30. The molecule has 0 unspecified atom stereocenters. The summed E-state index contributed by atoms with van der Waals surface area (Å²) in [5, 5.41) is 8.83. The van der Waals surface area contributed by atoms with Gasteiger partial charge < -0.3 is 24.0 Å². The maximum Gasteiger partial charge on any atom is 0.346 e. The lowest BCUT2D eigenvalue weighted by Gasteiger charge is -2.26. The van der Waals surface area contributed by atoms with E-state index in [4.69, 9.17) is 18.9 Å². The molecule has 164 valence electrons. The molecule has 0 spiro atoms. The van der Waals surface area contributed by atoms with Gasteiger partial charge in [0.15, 0.2) is 0 Å². The van der Waals surface area contributed by atoms with Crippen LogP contribution in [-0.2, 0) is 0 Å². The predicted molar refractivity (Wildman–Crippen MR) is 121 cm³/mol. The van der Waals surface area contributed by atoms with E-state index in [1.807, 2.05) is 56.3 Å². The molecule has 0 atom stereocenters. The fraction of sp³-hybridized carbons (Fsp3) is 0.273. The van der Waals surface area contributed by atoms with Crippen molar-refractivity contribution < 1.29 is 23.7 Å². The Balaban J connectivity index is 2.24. The summed E-state index contributed by atoms with van der Waals surface area (Å²) >= 11 is 0. The van der Waals surface area contributed by atoms with Gasteiger partial charge in [0.05, 0.1) is 52.8 Å². The van der Waals surface area contributed by atoms with E-state index in [2.05, 4.69) is 10.2 Å². The molecule has 1 heterocycles. The first-order valence-electron chi connectivity index (χ1n) is 9.51. The molecule has 8 nitrogen and oxygen atoms in total. The van der Waals surface area contributed by atoms with E-state index in [0.29, 0.717) is 33.6 Å². The minimum absolute atomic E-state index is 0.377. The van der Waals surface area contributed by atoms with Crippen LogP contribution in [0.15, 0.2) is 42.5 Å². The first-order chi connectivity index (χ1) is 14.9. The van der Waals surface area contributed by atoms with Crippen molar-refractivity contribution in [3.05, 3.63) is 53.9 Å². The lowest BCUT2D eigenvalue weighted by atomic mass is 10.3. The third kappa shape index (κ3) is 4.44. The SMILES string of the molecule is COc1cccc(OC)c1P(NC(=O)n1nc(C)cc1C)c1c(OC)cccc1OC. The number of methoxy groups -OCH3 is 4. The third-order valence-corrected chi connectivity index (χ3v) is 6.85. The second-order valence-electron chi connectivity index (χ2n) is 6.61. The van der Waals surface area contributed by atoms with Crippen LogP contribution >= 0.6 is 8.07 Å². The molecule has 0 aliphatic carbocycles. The van der Waals surface area contributed by atoms with Crippen molar-refractivity contribution in [1.82, 2.24) is 14.9 Å². The summed E-state index contributed by atoms with van der Waals surface area (Å²) in [6.07, 6.45) is 0. The predicted octanol–water partition coefficient (Wildman–Crippen LogP) is 3.14. The van der Waals surface area contributed by atoms with Crippen LogP contribution in [0.1, 0.15) is 11.4 Å². The molecule has 1 amide bonds. The Kier molecular flexibility index (Phi) is 7.02. The first kappa shape index (κ1) is 22.4. The Labute approximate surface area is 182 Å². The van der Waals surface area contributed by atoms with Gasteiger partial charge in [-0.3, -0.25) is 0 Å². The summed E-state index contributed by atoms with van der Waals surface area (Å²) in [5.41, 5.74) is 1.48. The highest BCUT2D eigenvalue weighted by Crippen LogP contribution is 2.43. The van der Waals surface area contributed by atoms with Crippen molar-refractivity contribution in [3.63, 3.8) is 0 Å². The van der Waals surface area contributed by atoms with Gasteiger partial charge in [-0.2, -0.15) is 9.78 Å². The number of nitrogens with one attached hydrogen (secondary N) is 1. The van der Waals surface area contributed by atoms with Crippen molar-refractivity contribution in [3.8, 4) is 23.0 Å². The zero-order chi connectivity index (χ0) is 22.5. The van der Waals surface area contributed by atoms with Crippen LogP contribution in [0.4, 0.5) is 4.79 Å². The first-order valence-corrected chi connectivity index (χ1v) is 10.9. The Morgan fingerprint density at radius 2 is 1.26 bits per heavy atom. The molecular weight excluding hydrogens is 417 g/mol. The fourth-order valence-corrected chi connectivity index (χ4v) is 5.58. The van der Waals surface area contributed by atoms with E-state index in [1.54, 1.807) is 28.4 Å². The molecule has 0 saturated carbocycles. The zero-order valence-electron chi connectivity index (χ0n) is 18.4. The second-order valence-corrected chi connectivity index (χ2v) is 8.40. The molecule has 2 aromatic carbocycles. The molecule has 0 radical (unpaired) electrons. The molecule has 0 aliphatic rings. The van der Waals surface area contributed by atoms with E-state index in [-0.39, 0.29) is 6.03 Å². The minimum Gasteiger partial charge on any atom is -0.496 e. The van der Waals surface area contributed by atoms with Gasteiger partial charge in [-0.1, -0.05) is 12.1 Å². The number of rotatable bonds is 7. The molecule has 3 rings (SSSR count). The molecule has 9 heteroatoms. The summed E-state index contributed by atoms with van der Waals surface area (Å²) < 4.78 is 23.9. The van der Waals surface area contributed by atoms with Gasteiger partial charge in [0, 0.05) is 5.69 Å². The van der Waals surface area contributed by atoms with Crippen LogP contribution in [0.25, 0.3) is 0 Å². The highest BCUT2D eigenvalue weighted by molar-refractivity contribution is 7.72. The molecule has 0 fully saturated rings. The number of nitrogens with zero attached hydrogens (tertiary/aromatic N) is 2. The topological polar surface area (TPSA) is 83.8 Å². The van der Waals surface area contributed by atoms with Gasteiger partial charge in [-0.15, -0.1) is 0 Å². The Bertz CT molecular complexity index is 983. The van der Waals surface area contributed by atoms with Crippen molar-refractivity contribution in [2.75, 3.05) is 28.4 Å². The molecule has 0 saturated heterocycles. The fourth-order valence-electron chi connectivity index (χ4n) is 3.31. The molecule has 0 aliphatic heterocycles. The Morgan fingerprint density at radius 3 is 1.58 bits per heavy atom. The Morgan fingerprint density at radius 1 is 0.839 bits per heavy atom. The van der Waals surface area contributed by atoms with Gasteiger partial charge in [0.2, 0.25) is 0 Å². The quantitative estimate of drug-likeness (QED) is 0.565. The summed E-state index contributed by atoms with van der Waals surface area (Å²) in [4.78, 5) is 13.3. The number of ether oxygens (including phenoxy) is 4. The summed E-state index contributed by atoms with van der Waals surface area (Å²) in [6.45, 7) is 3.67. The molecule has 1 N–H and O–H groups in total.